The lowest BCUT2D eigenvalue weighted by atomic mass is 9.36. The van der Waals surface area contributed by atoms with Gasteiger partial charge in [-0.15, -0.1) is 0 Å². The molecule has 0 bridgehead atoms. The van der Waals surface area contributed by atoms with Crippen molar-refractivity contribution in [1.29, 1.82) is 0 Å². The zero-order valence-corrected chi connectivity index (χ0v) is 17.1. The van der Waals surface area contributed by atoms with E-state index in [-0.39, 0.29) is 17.9 Å². The number of rotatable bonds is 6. The molecule has 174 valence electrons. The molecule has 3 rings (SSSR count). The van der Waals surface area contributed by atoms with E-state index in [2.05, 4.69) is 9.47 Å². The average Bonchev–Trinajstić information content (AvgIpc) is 2.72. The Morgan fingerprint density at radius 3 is 1.18 bits per heavy atom. The highest BCUT2D eigenvalue weighted by Crippen LogP contribution is 2.26. The fourth-order valence-electron chi connectivity index (χ4n) is 3.46. The van der Waals surface area contributed by atoms with E-state index >= 15 is 8.78 Å². The molecular weight excluding hydrogens is 463 g/mol. The van der Waals surface area contributed by atoms with Crippen LogP contribution < -0.4 is 30.6 Å². The molecule has 0 aliphatic rings. The van der Waals surface area contributed by atoms with Crippen molar-refractivity contribution in [2.24, 2.45) is 0 Å². The molecule has 0 spiro atoms. The summed E-state index contributed by atoms with van der Waals surface area (Å²) >= 11 is 0. The van der Waals surface area contributed by atoms with E-state index in [0.29, 0.717) is 12.1 Å². The maximum atomic E-state index is 15.1. The van der Waals surface area contributed by atoms with Crippen molar-refractivity contribution in [3.63, 3.8) is 0 Å². The highest BCUT2D eigenvalue weighted by Gasteiger charge is 2.40. The maximum Gasteiger partial charge on any atom is 0.264 e. The third-order valence-corrected chi connectivity index (χ3v) is 4.89. The first-order valence-corrected chi connectivity index (χ1v) is 9.02. The SMILES string of the molecule is COc1cc(F)c(B(c2c(F)cc(F)c(OC)c2F)c2c(F)cc(F)c(OC)c2F)c(F)c1. The van der Waals surface area contributed by atoms with Gasteiger partial charge in [-0.2, -0.15) is 0 Å². The average molecular weight is 476 g/mol. The van der Waals surface area contributed by atoms with E-state index in [1.807, 2.05) is 0 Å². The van der Waals surface area contributed by atoms with Crippen molar-refractivity contribution in [3.05, 3.63) is 70.8 Å². The Morgan fingerprint density at radius 2 is 0.848 bits per heavy atom. The molecule has 33 heavy (non-hydrogen) atoms. The zero-order chi connectivity index (χ0) is 24.6. The first-order chi connectivity index (χ1) is 15.6. The van der Waals surface area contributed by atoms with Crippen LogP contribution in [0.4, 0.5) is 35.1 Å². The van der Waals surface area contributed by atoms with Crippen LogP contribution in [-0.4, -0.2) is 28.0 Å². The van der Waals surface area contributed by atoms with Gasteiger partial charge in [-0.3, -0.25) is 0 Å². The molecule has 0 atom stereocenters. The van der Waals surface area contributed by atoms with Gasteiger partial charge >= 0.3 is 0 Å². The Hall–Kier alpha value is -3.44. The molecule has 0 aromatic heterocycles. The monoisotopic (exact) mass is 476 g/mol. The van der Waals surface area contributed by atoms with Crippen LogP contribution in [0.25, 0.3) is 0 Å². The Morgan fingerprint density at radius 1 is 0.485 bits per heavy atom. The number of methoxy groups -OCH3 is 3. The summed E-state index contributed by atoms with van der Waals surface area (Å²) in [4.78, 5) is 0. The lowest BCUT2D eigenvalue weighted by Gasteiger charge is -2.22. The van der Waals surface area contributed by atoms with Crippen molar-refractivity contribution >= 4 is 23.1 Å². The standard InChI is InChI=1S/C21H13BF8O3/c1-31-8-4-9(23)15(10(24)5-8)22(16-11(25)6-13(27)20(32-2)18(16)29)17-12(26)7-14(28)21(33-3)19(17)30/h4-7H,1-3H3. The molecule has 0 amide bonds. The van der Waals surface area contributed by atoms with Gasteiger partial charge in [0.25, 0.3) is 6.71 Å². The fraction of sp³-hybridized carbons (Fsp3) is 0.143. The largest absolute Gasteiger partial charge is 0.497 e. The summed E-state index contributed by atoms with van der Waals surface area (Å²) in [5, 5.41) is 0. The molecule has 3 aromatic carbocycles. The van der Waals surface area contributed by atoms with E-state index in [1.54, 1.807) is 0 Å². The molecule has 0 fully saturated rings. The number of hydrogen-bond donors (Lipinski definition) is 0. The second-order valence-electron chi connectivity index (χ2n) is 6.64. The molecule has 0 unspecified atom stereocenters. The Kier molecular flexibility index (Phi) is 6.75. The smallest absolute Gasteiger partial charge is 0.264 e. The van der Waals surface area contributed by atoms with Gasteiger partial charge in [-0.1, -0.05) is 0 Å². The molecule has 0 saturated carbocycles. The molecule has 0 N–H and O–H groups in total. The van der Waals surface area contributed by atoms with E-state index in [9.17, 15) is 26.3 Å². The number of hydrogen-bond acceptors (Lipinski definition) is 3. The minimum Gasteiger partial charge on any atom is -0.497 e. The minimum absolute atomic E-state index is 0.111. The van der Waals surface area contributed by atoms with E-state index < -0.39 is 81.1 Å². The lowest BCUT2D eigenvalue weighted by molar-refractivity contribution is 0.357. The van der Waals surface area contributed by atoms with E-state index in [0.717, 1.165) is 21.3 Å². The summed E-state index contributed by atoms with van der Waals surface area (Å²) in [6.07, 6.45) is 0. The summed E-state index contributed by atoms with van der Waals surface area (Å²) in [5.74, 6) is -15.9. The van der Waals surface area contributed by atoms with Gasteiger partial charge in [0.1, 0.15) is 29.0 Å². The van der Waals surface area contributed by atoms with Gasteiger partial charge in [0.2, 0.25) is 0 Å². The molecule has 0 saturated heterocycles. The first-order valence-electron chi connectivity index (χ1n) is 9.02. The van der Waals surface area contributed by atoms with Gasteiger partial charge in [0.05, 0.1) is 21.3 Å². The van der Waals surface area contributed by atoms with Crippen molar-refractivity contribution in [2.75, 3.05) is 21.3 Å². The molecule has 0 radical (unpaired) electrons. The van der Waals surface area contributed by atoms with E-state index in [1.165, 1.54) is 0 Å². The quantitative estimate of drug-likeness (QED) is 0.404. The Labute approximate surface area is 182 Å². The summed E-state index contributed by atoms with van der Waals surface area (Å²) in [7, 11) is 2.70. The highest BCUT2D eigenvalue weighted by molar-refractivity contribution is 6.95. The van der Waals surface area contributed by atoms with Gasteiger partial charge in [0.15, 0.2) is 34.8 Å². The summed E-state index contributed by atoms with van der Waals surface area (Å²) < 4.78 is 131. The fourth-order valence-corrected chi connectivity index (χ4v) is 3.46. The molecular formula is C21H13BF8O3. The highest BCUT2D eigenvalue weighted by atomic mass is 19.2. The van der Waals surface area contributed by atoms with Gasteiger partial charge in [0, 0.05) is 40.7 Å². The van der Waals surface area contributed by atoms with Gasteiger partial charge < -0.3 is 14.2 Å². The molecule has 0 heterocycles. The third kappa shape index (κ3) is 4.05. The van der Waals surface area contributed by atoms with Crippen LogP contribution in [0.3, 0.4) is 0 Å². The molecule has 3 aromatic rings. The molecule has 3 nitrogen and oxygen atoms in total. The number of halogens is 8. The summed E-state index contributed by atoms with van der Waals surface area (Å²) in [5.41, 5.74) is -3.95. The first kappa shape index (κ1) is 24.2. The van der Waals surface area contributed by atoms with Crippen molar-refractivity contribution in [3.8, 4) is 17.2 Å². The van der Waals surface area contributed by atoms with Crippen LogP contribution in [-0.2, 0) is 0 Å². The summed E-state index contributed by atoms with van der Waals surface area (Å²) in [6.45, 7) is -2.54. The second-order valence-corrected chi connectivity index (χ2v) is 6.64. The van der Waals surface area contributed by atoms with Crippen LogP contribution in [0, 0.1) is 46.5 Å². The Bertz CT molecular complexity index is 1150. The van der Waals surface area contributed by atoms with Crippen LogP contribution in [0.1, 0.15) is 0 Å². The van der Waals surface area contributed by atoms with Crippen LogP contribution in [0.2, 0.25) is 0 Å². The van der Waals surface area contributed by atoms with Crippen LogP contribution >= 0.6 is 0 Å². The van der Waals surface area contributed by atoms with Gasteiger partial charge in [-0.25, -0.2) is 35.1 Å². The van der Waals surface area contributed by atoms with Crippen LogP contribution in [0.5, 0.6) is 17.2 Å². The molecule has 12 heteroatoms. The predicted octanol–water partition coefficient (Wildman–Crippen LogP) is 3.34. The zero-order valence-electron chi connectivity index (χ0n) is 17.1. The lowest BCUT2D eigenvalue weighted by Crippen LogP contribution is -2.59. The van der Waals surface area contributed by atoms with Crippen LogP contribution in [0.15, 0.2) is 24.3 Å². The second kappa shape index (κ2) is 9.20. The van der Waals surface area contributed by atoms with E-state index in [4.69, 9.17) is 4.74 Å². The topological polar surface area (TPSA) is 27.7 Å². The number of ether oxygens (including phenoxy) is 3. The van der Waals surface area contributed by atoms with Crippen molar-refractivity contribution in [2.45, 2.75) is 0 Å². The minimum atomic E-state index is -2.54. The van der Waals surface area contributed by atoms with Crippen molar-refractivity contribution < 1.29 is 49.3 Å². The number of benzene rings is 3. The van der Waals surface area contributed by atoms with Crippen molar-refractivity contribution in [1.82, 2.24) is 0 Å². The Balaban J connectivity index is 2.53. The normalized spacial score (nSPS) is 10.9. The van der Waals surface area contributed by atoms with Gasteiger partial charge in [-0.05, 0) is 0 Å². The molecule has 0 aliphatic carbocycles. The third-order valence-electron chi connectivity index (χ3n) is 4.89. The maximum absolute atomic E-state index is 15.1. The molecule has 0 aliphatic heterocycles. The summed E-state index contributed by atoms with van der Waals surface area (Å²) in [6, 6.07) is 1.41. The predicted molar refractivity (Wildman–Crippen MR) is 103 cm³/mol.